The molecular weight excluding hydrogens is 541 g/mol. The lowest BCUT2D eigenvalue weighted by molar-refractivity contribution is -0.119. The maximum atomic E-state index is 12.1. The van der Waals surface area contributed by atoms with Gasteiger partial charge in [-0.25, -0.2) is 0 Å². The van der Waals surface area contributed by atoms with E-state index in [1.165, 1.54) is 7.11 Å². The van der Waals surface area contributed by atoms with Crippen molar-refractivity contribution in [3.8, 4) is 5.69 Å². The van der Waals surface area contributed by atoms with Gasteiger partial charge in [-0.2, -0.15) is 0 Å². The molecule has 10 heteroatoms. The highest BCUT2D eigenvalue weighted by molar-refractivity contribution is 7.80. The average molecular weight is 567 g/mol. The molecule has 1 saturated heterocycles. The number of aryl methyl sites for hydroxylation is 1. The fourth-order valence-electron chi connectivity index (χ4n) is 4.72. The van der Waals surface area contributed by atoms with Crippen molar-refractivity contribution in [3.63, 3.8) is 0 Å². The van der Waals surface area contributed by atoms with E-state index in [9.17, 15) is 4.79 Å². The lowest BCUT2D eigenvalue weighted by Crippen LogP contribution is -2.30. The minimum absolute atomic E-state index is 0.0145. The van der Waals surface area contributed by atoms with Crippen molar-refractivity contribution in [2.24, 2.45) is 0 Å². The van der Waals surface area contributed by atoms with E-state index in [0.29, 0.717) is 20.8 Å². The number of aromatic nitrogens is 2. The molecule has 0 bridgehead atoms. The summed E-state index contributed by atoms with van der Waals surface area (Å²) in [5.41, 5.74) is 5.11. The van der Waals surface area contributed by atoms with Crippen LogP contribution in [0.25, 0.3) is 5.69 Å². The molecule has 0 spiro atoms. The number of methoxy groups -OCH3 is 1. The first-order chi connectivity index (χ1) is 18.4. The molecule has 2 atom stereocenters. The first kappa shape index (κ1) is 26.2. The molecule has 1 aliphatic heterocycles. The van der Waals surface area contributed by atoms with Gasteiger partial charge in [0, 0.05) is 41.6 Å². The van der Waals surface area contributed by atoms with E-state index in [1.54, 1.807) is 12.3 Å². The van der Waals surface area contributed by atoms with Gasteiger partial charge in [-0.1, -0.05) is 29.3 Å². The predicted molar refractivity (Wildman–Crippen MR) is 155 cm³/mol. The number of thiocarbonyl (C=S) groups is 1. The molecule has 2 aromatic carbocycles. The summed E-state index contributed by atoms with van der Waals surface area (Å²) in [6.07, 6.45) is 3.75. The summed E-state index contributed by atoms with van der Waals surface area (Å²) in [7, 11) is 1.49. The second-order valence-electron chi connectivity index (χ2n) is 8.88. The van der Waals surface area contributed by atoms with Gasteiger partial charge in [0.05, 0.1) is 22.4 Å². The maximum Gasteiger partial charge on any atom is 0.250 e. The van der Waals surface area contributed by atoms with Crippen LogP contribution in [0.3, 0.4) is 0 Å². The number of carbonyl (C=O) groups excluding carboxylic acids is 1. The molecule has 0 aliphatic carbocycles. The number of benzene rings is 2. The molecule has 194 valence electrons. The number of pyridine rings is 1. The topological polar surface area (TPSA) is 71.4 Å². The number of anilines is 2. The Balaban J connectivity index is 1.60. The predicted octanol–water partition coefficient (Wildman–Crippen LogP) is 6.25. The van der Waals surface area contributed by atoms with E-state index < -0.39 is 0 Å². The van der Waals surface area contributed by atoms with Gasteiger partial charge in [0.1, 0.15) is 12.6 Å². The molecule has 0 radical (unpaired) electrons. The van der Waals surface area contributed by atoms with Crippen LogP contribution in [0.1, 0.15) is 29.0 Å². The highest BCUT2D eigenvalue weighted by atomic mass is 35.5. The number of amides is 1. The average Bonchev–Trinajstić information content (AvgIpc) is 3.50. The third-order valence-corrected chi connectivity index (χ3v) is 7.24. The summed E-state index contributed by atoms with van der Waals surface area (Å²) >= 11 is 18.7. The number of hydrogen-bond donors (Lipinski definition) is 2. The van der Waals surface area contributed by atoms with E-state index in [4.69, 9.17) is 40.2 Å². The lowest BCUT2D eigenvalue weighted by Gasteiger charge is -2.29. The van der Waals surface area contributed by atoms with Crippen LogP contribution in [0, 0.1) is 6.92 Å². The molecule has 5 rings (SSSR count). The summed E-state index contributed by atoms with van der Waals surface area (Å²) < 4.78 is 6.99. The Hall–Kier alpha value is -3.43. The Morgan fingerprint density at radius 2 is 1.97 bits per heavy atom. The third-order valence-electron chi connectivity index (χ3n) is 6.39. The van der Waals surface area contributed by atoms with Gasteiger partial charge in [-0.3, -0.25) is 9.78 Å². The Kier molecular flexibility index (Phi) is 7.67. The van der Waals surface area contributed by atoms with Crippen molar-refractivity contribution < 1.29 is 9.53 Å². The summed E-state index contributed by atoms with van der Waals surface area (Å²) in [5.74, 6) is -0.215. The Labute approximate surface area is 236 Å². The number of halogens is 2. The van der Waals surface area contributed by atoms with Crippen LogP contribution in [-0.2, 0) is 9.53 Å². The summed E-state index contributed by atoms with van der Waals surface area (Å²) in [5, 5.41) is 8.04. The van der Waals surface area contributed by atoms with Crippen LogP contribution in [0.15, 0.2) is 79.1 Å². The fourth-order valence-corrected chi connectivity index (χ4v) is 5.57. The molecule has 4 aromatic rings. The van der Waals surface area contributed by atoms with Crippen LogP contribution in [0.4, 0.5) is 11.4 Å². The van der Waals surface area contributed by atoms with Crippen molar-refractivity contribution in [1.82, 2.24) is 14.9 Å². The number of carbonyl (C=O) groups is 1. The van der Waals surface area contributed by atoms with E-state index in [0.717, 1.165) is 28.3 Å². The molecule has 2 N–H and O–H groups in total. The third kappa shape index (κ3) is 5.13. The van der Waals surface area contributed by atoms with Crippen molar-refractivity contribution >= 4 is 57.8 Å². The summed E-state index contributed by atoms with van der Waals surface area (Å²) in [6, 6.07) is 20.7. The van der Waals surface area contributed by atoms with Gasteiger partial charge in [0.2, 0.25) is 5.91 Å². The van der Waals surface area contributed by atoms with Crippen LogP contribution < -0.4 is 15.5 Å². The molecule has 1 amide bonds. The number of rotatable bonds is 7. The van der Waals surface area contributed by atoms with Crippen molar-refractivity contribution in [2.75, 3.05) is 23.9 Å². The molecular formula is C28H25Cl2N5O2S. The molecule has 7 nitrogen and oxygen atoms in total. The first-order valence-corrected chi connectivity index (χ1v) is 13.1. The normalized spacial score (nSPS) is 16.9. The van der Waals surface area contributed by atoms with Gasteiger partial charge in [0.15, 0.2) is 5.11 Å². The van der Waals surface area contributed by atoms with Crippen LogP contribution in [-0.4, -0.2) is 34.3 Å². The molecule has 1 aliphatic rings. The number of nitrogens with one attached hydrogen (secondary N) is 2. The first-order valence-electron chi connectivity index (χ1n) is 11.9. The quantitative estimate of drug-likeness (QED) is 0.258. The zero-order chi connectivity index (χ0) is 26.8. The minimum Gasteiger partial charge on any atom is -0.375 e. The second-order valence-corrected chi connectivity index (χ2v) is 10.1. The molecule has 3 heterocycles. The maximum absolute atomic E-state index is 12.1. The summed E-state index contributed by atoms with van der Waals surface area (Å²) in [6.45, 7) is 1.93. The SMILES string of the molecule is COCC(=O)Nc1ccc(N2C(=S)N[C@@H](c3ccccn3)[C@@H]2c2cccn2-c2ccc(Cl)cc2Cl)cc1C. The van der Waals surface area contributed by atoms with Crippen LogP contribution in [0.5, 0.6) is 0 Å². The largest absolute Gasteiger partial charge is 0.375 e. The van der Waals surface area contributed by atoms with Crippen molar-refractivity contribution in [1.29, 1.82) is 0 Å². The van der Waals surface area contributed by atoms with Gasteiger partial charge in [0.25, 0.3) is 0 Å². The molecule has 2 aromatic heterocycles. The molecule has 0 saturated carbocycles. The van der Waals surface area contributed by atoms with Crippen molar-refractivity contribution in [3.05, 3.63) is 106 Å². The Morgan fingerprint density at radius 3 is 2.68 bits per heavy atom. The zero-order valence-corrected chi connectivity index (χ0v) is 23.0. The van der Waals surface area contributed by atoms with Gasteiger partial charge < -0.3 is 24.8 Å². The van der Waals surface area contributed by atoms with E-state index in [2.05, 4.69) is 26.6 Å². The second kappa shape index (κ2) is 11.1. The minimum atomic E-state index is -0.257. The Bertz CT molecular complexity index is 1490. The van der Waals surface area contributed by atoms with E-state index in [1.807, 2.05) is 72.3 Å². The van der Waals surface area contributed by atoms with E-state index >= 15 is 0 Å². The van der Waals surface area contributed by atoms with Gasteiger partial charge in [-0.05, 0) is 85.4 Å². The molecule has 38 heavy (non-hydrogen) atoms. The Morgan fingerprint density at radius 1 is 1.13 bits per heavy atom. The fraction of sp³-hybridized carbons (Fsp3) is 0.179. The molecule has 1 fully saturated rings. The molecule has 0 unspecified atom stereocenters. The van der Waals surface area contributed by atoms with Crippen molar-refractivity contribution in [2.45, 2.75) is 19.0 Å². The standard InChI is InChI=1S/C28H25Cl2N5O2S/c1-17-14-19(9-10-21(17)32-25(36)16-37-2)35-27(26(33-28(35)38)22-6-3-4-12-31-22)24-7-5-13-34(24)23-11-8-18(29)15-20(23)30/h3-15,26-27H,16H2,1-2H3,(H,32,36)(H,33,38)/t26-,27-/m0/s1. The summed E-state index contributed by atoms with van der Waals surface area (Å²) in [4.78, 5) is 18.8. The highest BCUT2D eigenvalue weighted by Gasteiger charge is 2.42. The number of ether oxygens (including phenoxy) is 1. The zero-order valence-electron chi connectivity index (χ0n) is 20.7. The lowest BCUT2D eigenvalue weighted by atomic mass is 10.00. The smallest absolute Gasteiger partial charge is 0.250 e. The highest BCUT2D eigenvalue weighted by Crippen LogP contribution is 2.43. The monoisotopic (exact) mass is 565 g/mol. The number of hydrogen-bond acceptors (Lipinski definition) is 4. The number of nitrogens with zero attached hydrogens (tertiary/aromatic N) is 3. The van der Waals surface area contributed by atoms with Crippen LogP contribution >= 0.6 is 35.4 Å². The van der Waals surface area contributed by atoms with E-state index in [-0.39, 0.29) is 24.6 Å². The van der Waals surface area contributed by atoms with Crippen LogP contribution in [0.2, 0.25) is 10.0 Å². The van der Waals surface area contributed by atoms with Gasteiger partial charge in [-0.15, -0.1) is 0 Å². The van der Waals surface area contributed by atoms with Gasteiger partial charge >= 0.3 is 0 Å².